The summed E-state index contributed by atoms with van der Waals surface area (Å²) in [5.41, 5.74) is 6.10. The van der Waals surface area contributed by atoms with Crippen molar-refractivity contribution >= 4 is 23.2 Å². The maximum Gasteiger partial charge on any atom is 0.139 e. The molecule has 0 aliphatic heterocycles. The van der Waals surface area contributed by atoms with Gasteiger partial charge in [0, 0.05) is 18.1 Å². The van der Waals surface area contributed by atoms with Crippen molar-refractivity contribution in [2.24, 2.45) is 5.73 Å². The molecule has 0 saturated carbocycles. The molecule has 0 heterocycles. The number of hydrogen-bond acceptors (Lipinski definition) is 2. The molecular formula is C13H15Cl2NO. The lowest BCUT2D eigenvalue weighted by Gasteiger charge is -2.06. The molecule has 17 heavy (non-hydrogen) atoms. The van der Waals surface area contributed by atoms with E-state index in [-0.39, 0.29) is 0 Å². The van der Waals surface area contributed by atoms with Crippen molar-refractivity contribution in [1.82, 2.24) is 0 Å². The summed E-state index contributed by atoms with van der Waals surface area (Å²) >= 11 is 12.1. The van der Waals surface area contributed by atoms with Gasteiger partial charge >= 0.3 is 0 Å². The average Bonchev–Trinajstić information content (AvgIpc) is 2.30. The molecule has 1 aromatic carbocycles. The quantitative estimate of drug-likeness (QED) is 0.672. The molecule has 0 spiro atoms. The van der Waals surface area contributed by atoms with Crippen LogP contribution in [0.4, 0.5) is 0 Å². The Kier molecular flexibility index (Phi) is 6.21. The highest BCUT2D eigenvalue weighted by atomic mass is 35.5. The normalized spacial score (nSPS) is 9.65. The van der Waals surface area contributed by atoms with Crippen molar-refractivity contribution in [3.63, 3.8) is 0 Å². The summed E-state index contributed by atoms with van der Waals surface area (Å²) < 4.78 is 5.33. The summed E-state index contributed by atoms with van der Waals surface area (Å²) in [6.45, 7) is 3.09. The van der Waals surface area contributed by atoms with Crippen molar-refractivity contribution in [2.45, 2.75) is 19.8 Å². The number of benzene rings is 1. The summed E-state index contributed by atoms with van der Waals surface area (Å²) in [5, 5.41) is 1.08. The van der Waals surface area contributed by atoms with Gasteiger partial charge in [0.1, 0.15) is 5.75 Å². The molecule has 0 amide bonds. The largest absolute Gasteiger partial charge is 0.492 e. The fourth-order valence-electron chi connectivity index (χ4n) is 1.24. The second kappa shape index (κ2) is 7.45. The van der Waals surface area contributed by atoms with Gasteiger partial charge in [-0.15, -0.1) is 0 Å². The van der Waals surface area contributed by atoms with E-state index in [4.69, 9.17) is 33.7 Å². The Hall–Kier alpha value is -0.880. The maximum absolute atomic E-state index is 6.08. The second-order valence-corrected chi connectivity index (χ2v) is 4.20. The molecule has 0 aliphatic rings. The third kappa shape index (κ3) is 4.47. The minimum Gasteiger partial charge on any atom is -0.492 e. The zero-order valence-electron chi connectivity index (χ0n) is 9.72. The summed E-state index contributed by atoms with van der Waals surface area (Å²) in [6.07, 6.45) is 1.65. The highest BCUT2D eigenvalue weighted by Gasteiger charge is 2.06. The van der Waals surface area contributed by atoms with Gasteiger partial charge in [-0.2, -0.15) is 0 Å². The van der Waals surface area contributed by atoms with Crippen molar-refractivity contribution in [3.8, 4) is 17.6 Å². The van der Waals surface area contributed by atoms with Gasteiger partial charge in [0.2, 0.25) is 0 Å². The lowest BCUT2D eigenvalue weighted by atomic mass is 10.2. The number of nitrogens with two attached hydrogens (primary N) is 1. The Balaban J connectivity index is 2.86. The first kappa shape index (κ1) is 14.2. The minimum atomic E-state index is 0.527. The summed E-state index contributed by atoms with van der Waals surface area (Å²) in [4.78, 5) is 0. The van der Waals surface area contributed by atoms with Gasteiger partial charge in [-0.05, 0) is 26.0 Å². The standard InChI is InChI=1S/C13H15Cl2NO/c1-2-17-13-9-11(14)10(8-12(13)15)6-4-3-5-7-16/h8-9H,2-3,5,7,16H2,1H3. The van der Waals surface area contributed by atoms with Crippen LogP contribution < -0.4 is 10.5 Å². The van der Waals surface area contributed by atoms with Gasteiger partial charge in [-0.3, -0.25) is 0 Å². The molecule has 0 radical (unpaired) electrons. The van der Waals surface area contributed by atoms with E-state index < -0.39 is 0 Å². The van der Waals surface area contributed by atoms with E-state index in [0.717, 1.165) is 18.4 Å². The van der Waals surface area contributed by atoms with Crippen LogP contribution in [-0.4, -0.2) is 13.2 Å². The lowest BCUT2D eigenvalue weighted by Crippen LogP contribution is -1.96. The maximum atomic E-state index is 6.08. The van der Waals surface area contributed by atoms with Crippen molar-refractivity contribution < 1.29 is 4.74 Å². The van der Waals surface area contributed by atoms with E-state index in [1.54, 1.807) is 12.1 Å². The Bertz CT molecular complexity index is 435. The summed E-state index contributed by atoms with van der Waals surface area (Å²) in [6, 6.07) is 3.42. The summed E-state index contributed by atoms with van der Waals surface area (Å²) in [7, 11) is 0. The van der Waals surface area contributed by atoms with E-state index in [9.17, 15) is 0 Å². The van der Waals surface area contributed by atoms with Gasteiger partial charge in [0.05, 0.1) is 16.7 Å². The van der Waals surface area contributed by atoms with Crippen molar-refractivity contribution in [1.29, 1.82) is 0 Å². The first-order chi connectivity index (χ1) is 8.19. The zero-order valence-corrected chi connectivity index (χ0v) is 11.2. The number of halogens is 2. The average molecular weight is 272 g/mol. The van der Waals surface area contributed by atoms with Crippen LogP contribution in [-0.2, 0) is 0 Å². The Morgan fingerprint density at radius 1 is 1.29 bits per heavy atom. The van der Waals surface area contributed by atoms with E-state index in [1.165, 1.54) is 0 Å². The Morgan fingerprint density at radius 3 is 2.71 bits per heavy atom. The van der Waals surface area contributed by atoms with Crippen molar-refractivity contribution in [2.75, 3.05) is 13.2 Å². The van der Waals surface area contributed by atoms with Crippen LogP contribution in [0.15, 0.2) is 12.1 Å². The topological polar surface area (TPSA) is 35.2 Å². The molecule has 0 bridgehead atoms. The fourth-order valence-corrected chi connectivity index (χ4v) is 1.66. The third-order valence-corrected chi connectivity index (χ3v) is 2.66. The smallest absolute Gasteiger partial charge is 0.139 e. The van der Waals surface area contributed by atoms with E-state index >= 15 is 0 Å². The highest BCUT2D eigenvalue weighted by Crippen LogP contribution is 2.30. The molecule has 0 fully saturated rings. The molecule has 0 aliphatic carbocycles. The molecule has 1 rings (SSSR count). The van der Waals surface area contributed by atoms with Gasteiger partial charge in [-0.1, -0.05) is 35.0 Å². The number of hydrogen-bond donors (Lipinski definition) is 1. The van der Waals surface area contributed by atoms with Gasteiger partial charge in [0.25, 0.3) is 0 Å². The first-order valence-electron chi connectivity index (χ1n) is 5.49. The van der Waals surface area contributed by atoms with Crippen LogP contribution in [0.2, 0.25) is 10.0 Å². The number of unbranched alkanes of at least 4 members (excludes halogenated alkanes) is 1. The molecule has 0 unspecified atom stereocenters. The van der Waals surface area contributed by atoms with E-state index in [2.05, 4.69) is 11.8 Å². The Labute approximate surface area is 112 Å². The van der Waals surface area contributed by atoms with E-state index in [0.29, 0.717) is 28.9 Å². The molecule has 0 saturated heterocycles. The molecule has 2 nitrogen and oxygen atoms in total. The molecule has 0 atom stereocenters. The van der Waals surface area contributed by atoms with Gasteiger partial charge in [-0.25, -0.2) is 0 Å². The van der Waals surface area contributed by atoms with Crippen LogP contribution in [0.5, 0.6) is 5.75 Å². The molecule has 4 heteroatoms. The number of rotatable bonds is 4. The lowest BCUT2D eigenvalue weighted by molar-refractivity contribution is 0.340. The van der Waals surface area contributed by atoms with Crippen LogP contribution in [0.3, 0.4) is 0 Å². The van der Waals surface area contributed by atoms with E-state index in [1.807, 2.05) is 6.92 Å². The fraction of sp³-hybridized carbons (Fsp3) is 0.385. The predicted molar refractivity (Wildman–Crippen MR) is 72.8 cm³/mol. The molecular weight excluding hydrogens is 257 g/mol. The Morgan fingerprint density at radius 2 is 2.06 bits per heavy atom. The van der Waals surface area contributed by atoms with Gasteiger partial charge < -0.3 is 10.5 Å². The second-order valence-electron chi connectivity index (χ2n) is 3.39. The van der Waals surface area contributed by atoms with Crippen LogP contribution in [0, 0.1) is 11.8 Å². The zero-order chi connectivity index (χ0) is 12.7. The first-order valence-corrected chi connectivity index (χ1v) is 6.25. The van der Waals surface area contributed by atoms with Gasteiger partial charge in [0.15, 0.2) is 0 Å². The van der Waals surface area contributed by atoms with Crippen LogP contribution >= 0.6 is 23.2 Å². The summed E-state index contributed by atoms with van der Waals surface area (Å²) in [5.74, 6) is 6.58. The highest BCUT2D eigenvalue weighted by molar-refractivity contribution is 6.35. The molecule has 0 aromatic heterocycles. The predicted octanol–water partition coefficient (Wildman–Crippen LogP) is 3.48. The third-order valence-electron chi connectivity index (χ3n) is 2.05. The van der Waals surface area contributed by atoms with Crippen molar-refractivity contribution in [3.05, 3.63) is 27.7 Å². The molecule has 1 aromatic rings. The van der Waals surface area contributed by atoms with Crippen LogP contribution in [0.25, 0.3) is 0 Å². The SMILES string of the molecule is CCOc1cc(Cl)c(C#CCCCN)cc1Cl. The molecule has 92 valence electrons. The van der Waals surface area contributed by atoms with Crippen LogP contribution in [0.1, 0.15) is 25.3 Å². The monoisotopic (exact) mass is 271 g/mol. The number of ether oxygens (including phenoxy) is 1. The molecule has 2 N–H and O–H groups in total. The minimum absolute atomic E-state index is 0.527.